The highest BCUT2D eigenvalue weighted by Gasteiger charge is 2.46. The Hall–Kier alpha value is -3.85. The number of nitrogens with one attached hydrogen (secondary N) is 1. The summed E-state index contributed by atoms with van der Waals surface area (Å²) in [7, 11) is 1.62. The van der Waals surface area contributed by atoms with Gasteiger partial charge in [-0.1, -0.05) is 0 Å². The predicted octanol–water partition coefficient (Wildman–Crippen LogP) is 2.97. The molecule has 2 fully saturated rings. The number of likely N-dealkylation sites (tertiary alicyclic amines) is 1. The van der Waals surface area contributed by atoms with Crippen LogP contribution in [0.15, 0.2) is 42.9 Å². The van der Waals surface area contributed by atoms with Crippen molar-refractivity contribution < 1.29 is 19.1 Å². The first-order valence-electron chi connectivity index (χ1n) is 11.4. The van der Waals surface area contributed by atoms with E-state index in [1.165, 1.54) is 0 Å². The van der Waals surface area contributed by atoms with Gasteiger partial charge in [0, 0.05) is 50.2 Å². The highest BCUT2D eigenvalue weighted by molar-refractivity contribution is 5.99. The van der Waals surface area contributed by atoms with Gasteiger partial charge in [0.1, 0.15) is 17.0 Å². The number of pyridine rings is 1. The van der Waals surface area contributed by atoms with E-state index in [9.17, 15) is 9.59 Å². The van der Waals surface area contributed by atoms with Gasteiger partial charge >= 0.3 is 0 Å². The number of rotatable bonds is 4. The van der Waals surface area contributed by atoms with E-state index in [0.717, 1.165) is 28.6 Å². The van der Waals surface area contributed by atoms with Gasteiger partial charge in [0.15, 0.2) is 5.75 Å². The molecule has 0 radical (unpaired) electrons. The van der Waals surface area contributed by atoms with Crippen LogP contribution in [0.1, 0.15) is 38.4 Å². The summed E-state index contributed by atoms with van der Waals surface area (Å²) in [6.07, 6.45) is 6.32. The van der Waals surface area contributed by atoms with Crippen molar-refractivity contribution in [3.63, 3.8) is 0 Å². The van der Waals surface area contributed by atoms with Crippen LogP contribution in [0, 0.1) is 13.8 Å². The quantitative estimate of drug-likeness (QED) is 0.507. The summed E-state index contributed by atoms with van der Waals surface area (Å²) in [5, 5.41) is 7.09. The lowest BCUT2D eigenvalue weighted by Gasteiger charge is -2.42. The second-order valence-electron chi connectivity index (χ2n) is 8.89. The van der Waals surface area contributed by atoms with Gasteiger partial charge in [-0.2, -0.15) is 5.10 Å². The molecule has 0 spiro atoms. The van der Waals surface area contributed by atoms with Crippen LogP contribution in [0.25, 0.3) is 11.0 Å². The zero-order valence-electron chi connectivity index (χ0n) is 19.2. The smallest absolute Gasteiger partial charge is 0.268 e. The van der Waals surface area contributed by atoms with E-state index in [1.54, 1.807) is 30.0 Å². The Labute approximate surface area is 195 Å². The molecule has 0 aromatic carbocycles. The number of hydrogen-bond donors (Lipinski definition) is 1. The molecule has 0 saturated carbocycles. The number of hydrogen-bond acceptors (Lipinski definition) is 5. The minimum Gasteiger partial charge on any atom is -0.455 e. The average molecular weight is 460 g/mol. The fraction of sp³-hybridized carbons (Fsp3) is 0.320. The van der Waals surface area contributed by atoms with Crippen LogP contribution in [-0.2, 0) is 4.74 Å². The minimum atomic E-state index is -0.138. The first-order valence-corrected chi connectivity index (χ1v) is 11.4. The molecule has 2 amide bonds. The fourth-order valence-electron chi connectivity index (χ4n) is 5.16. The van der Waals surface area contributed by atoms with Crippen molar-refractivity contribution in [1.82, 2.24) is 24.2 Å². The SMILES string of the molecule is CNC(=O)c1c(C)cc2cc(Oc3ccnn4cc(C(=O)N5CC6OCCC65)c(C)c34)ccn12. The Morgan fingerprint density at radius 1 is 1.24 bits per heavy atom. The molecule has 4 aromatic heterocycles. The highest BCUT2D eigenvalue weighted by Crippen LogP contribution is 2.35. The Bertz CT molecular complexity index is 1470. The number of amides is 2. The molecule has 6 heterocycles. The molecular formula is C25H25N5O4. The van der Waals surface area contributed by atoms with Gasteiger partial charge in [0.25, 0.3) is 11.8 Å². The van der Waals surface area contributed by atoms with Crippen LogP contribution >= 0.6 is 0 Å². The van der Waals surface area contributed by atoms with E-state index < -0.39 is 0 Å². The molecule has 2 unspecified atom stereocenters. The van der Waals surface area contributed by atoms with E-state index in [1.807, 2.05) is 47.5 Å². The number of aryl methyl sites for hydroxylation is 2. The predicted molar refractivity (Wildman–Crippen MR) is 125 cm³/mol. The lowest BCUT2D eigenvalue weighted by atomic mass is 9.97. The topological polar surface area (TPSA) is 89.6 Å². The maximum atomic E-state index is 13.2. The molecule has 2 atom stereocenters. The second-order valence-corrected chi connectivity index (χ2v) is 8.89. The fourth-order valence-corrected chi connectivity index (χ4v) is 5.16. The number of carbonyl (C=O) groups is 2. The molecule has 34 heavy (non-hydrogen) atoms. The van der Waals surface area contributed by atoms with Gasteiger partial charge < -0.3 is 24.1 Å². The number of nitrogens with zero attached hydrogens (tertiary/aromatic N) is 4. The maximum absolute atomic E-state index is 13.2. The van der Waals surface area contributed by atoms with E-state index in [-0.39, 0.29) is 24.0 Å². The molecule has 2 aliphatic heterocycles. The molecule has 0 bridgehead atoms. The number of ether oxygens (including phenoxy) is 2. The molecule has 2 aliphatic rings. The average Bonchev–Trinajstić information content (AvgIpc) is 3.46. The van der Waals surface area contributed by atoms with Crippen LogP contribution in [0.2, 0.25) is 0 Å². The van der Waals surface area contributed by atoms with Crippen molar-refractivity contribution in [3.8, 4) is 11.5 Å². The molecule has 2 saturated heterocycles. The third-order valence-corrected chi connectivity index (χ3v) is 6.94. The van der Waals surface area contributed by atoms with Gasteiger partial charge in [-0.05, 0) is 43.5 Å². The standard InChI is InChI=1S/C25H25N5O4/c1-14-10-16-11-17(5-8-28(16)22(14)24(31)26-3)34-20-4-7-27-30-12-18(15(2)23(20)30)25(32)29-13-21-19(29)6-9-33-21/h4-5,7-8,10-12,19,21H,6,9,13H2,1-3H3,(H,26,31). The van der Waals surface area contributed by atoms with E-state index in [4.69, 9.17) is 9.47 Å². The van der Waals surface area contributed by atoms with Crippen molar-refractivity contribution in [1.29, 1.82) is 0 Å². The summed E-state index contributed by atoms with van der Waals surface area (Å²) in [5.41, 5.74) is 4.55. The minimum absolute atomic E-state index is 0.00695. The summed E-state index contributed by atoms with van der Waals surface area (Å²) < 4.78 is 15.4. The first-order chi connectivity index (χ1) is 16.5. The van der Waals surface area contributed by atoms with E-state index in [2.05, 4.69) is 10.4 Å². The number of carbonyl (C=O) groups excluding carboxylic acids is 2. The molecule has 9 nitrogen and oxygen atoms in total. The Morgan fingerprint density at radius 2 is 2.09 bits per heavy atom. The van der Waals surface area contributed by atoms with E-state index in [0.29, 0.717) is 35.9 Å². The summed E-state index contributed by atoms with van der Waals surface area (Å²) in [5.74, 6) is 1.10. The lowest BCUT2D eigenvalue weighted by Crippen LogP contribution is -2.59. The van der Waals surface area contributed by atoms with Crippen LogP contribution in [0.5, 0.6) is 11.5 Å². The van der Waals surface area contributed by atoms with Crippen LogP contribution < -0.4 is 10.1 Å². The van der Waals surface area contributed by atoms with Crippen molar-refractivity contribution in [3.05, 3.63) is 65.2 Å². The molecule has 174 valence electrons. The zero-order chi connectivity index (χ0) is 23.6. The number of aromatic nitrogens is 3. The van der Waals surface area contributed by atoms with Gasteiger partial charge in [0.05, 0.1) is 23.9 Å². The third kappa shape index (κ3) is 3.00. The van der Waals surface area contributed by atoms with Crippen molar-refractivity contribution in [2.75, 3.05) is 20.2 Å². The largest absolute Gasteiger partial charge is 0.455 e. The molecule has 4 aromatic rings. The number of fused-ring (bicyclic) bond motifs is 3. The third-order valence-electron chi connectivity index (χ3n) is 6.94. The summed E-state index contributed by atoms with van der Waals surface area (Å²) in [6, 6.07) is 7.63. The van der Waals surface area contributed by atoms with Crippen molar-refractivity contribution >= 4 is 22.8 Å². The van der Waals surface area contributed by atoms with Gasteiger partial charge in [-0.3, -0.25) is 9.59 Å². The Balaban J connectivity index is 1.34. The van der Waals surface area contributed by atoms with E-state index >= 15 is 0 Å². The molecule has 1 N–H and O–H groups in total. The highest BCUT2D eigenvalue weighted by atomic mass is 16.5. The lowest BCUT2D eigenvalue weighted by molar-refractivity contribution is -0.0265. The monoisotopic (exact) mass is 459 g/mol. The first kappa shape index (κ1) is 20.7. The van der Waals surface area contributed by atoms with Crippen LogP contribution in [-0.4, -0.2) is 63.1 Å². The normalized spacial score (nSPS) is 19.3. The summed E-state index contributed by atoms with van der Waals surface area (Å²) >= 11 is 0. The summed E-state index contributed by atoms with van der Waals surface area (Å²) in [4.78, 5) is 27.4. The molecular weight excluding hydrogens is 434 g/mol. The maximum Gasteiger partial charge on any atom is 0.268 e. The van der Waals surface area contributed by atoms with Crippen molar-refractivity contribution in [2.24, 2.45) is 0 Å². The Kier molecular flexibility index (Phi) is 4.63. The second kappa shape index (κ2) is 7.59. The van der Waals surface area contributed by atoms with Crippen molar-refractivity contribution in [2.45, 2.75) is 32.4 Å². The van der Waals surface area contributed by atoms with Gasteiger partial charge in [0.2, 0.25) is 0 Å². The van der Waals surface area contributed by atoms with Crippen LogP contribution in [0.4, 0.5) is 0 Å². The Morgan fingerprint density at radius 3 is 2.88 bits per heavy atom. The molecule has 6 rings (SSSR count). The van der Waals surface area contributed by atoms with Gasteiger partial charge in [-0.15, -0.1) is 0 Å². The summed E-state index contributed by atoms with van der Waals surface area (Å²) in [6.45, 7) is 5.19. The van der Waals surface area contributed by atoms with Gasteiger partial charge in [-0.25, -0.2) is 4.52 Å². The van der Waals surface area contributed by atoms with Crippen LogP contribution in [0.3, 0.4) is 0 Å². The molecule has 9 heteroatoms. The molecule has 0 aliphatic carbocycles. The zero-order valence-corrected chi connectivity index (χ0v) is 19.2.